The molecule has 0 radical (unpaired) electrons. The van der Waals surface area contributed by atoms with E-state index in [9.17, 15) is 9.59 Å². The van der Waals surface area contributed by atoms with E-state index in [4.69, 9.17) is 10.00 Å². The number of fused-ring (bicyclic) bond motifs is 1. The molecule has 1 aromatic heterocycles. The van der Waals surface area contributed by atoms with Crippen LogP contribution in [-0.2, 0) is 22.4 Å². The zero-order valence-corrected chi connectivity index (χ0v) is 17.8. The Morgan fingerprint density at radius 2 is 2.04 bits per heavy atom. The van der Waals surface area contributed by atoms with E-state index in [1.807, 2.05) is 37.4 Å². The molecule has 0 unspecified atom stereocenters. The van der Waals surface area contributed by atoms with E-state index >= 15 is 0 Å². The monoisotopic (exact) mass is 414 g/mol. The Hall–Kier alpha value is -2.30. The summed E-state index contributed by atoms with van der Waals surface area (Å²) in [5, 5.41) is 13.6. The van der Waals surface area contributed by atoms with Crippen LogP contribution in [0.1, 0.15) is 44.6 Å². The van der Waals surface area contributed by atoms with Gasteiger partial charge in [0, 0.05) is 15.5 Å². The molecule has 0 bridgehead atoms. The van der Waals surface area contributed by atoms with Crippen molar-refractivity contribution >= 4 is 40.7 Å². The van der Waals surface area contributed by atoms with E-state index in [-0.39, 0.29) is 12.5 Å². The van der Waals surface area contributed by atoms with E-state index < -0.39 is 5.97 Å². The van der Waals surface area contributed by atoms with Crippen molar-refractivity contribution in [3.05, 3.63) is 44.6 Å². The first-order valence-electron chi connectivity index (χ1n) is 9.13. The van der Waals surface area contributed by atoms with Crippen LogP contribution in [0.4, 0.5) is 5.69 Å². The first kappa shape index (κ1) is 20.4. The molecule has 1 aliphatic rings. The van der Waals surface area contributed by atoms with Gasteiger partial charge >= 0.3 is 5.97 Å². The fraction of sp³-hybridized carbons (Fsp3) is 0.381. The van der Waals surface area contributed by atoms with Gasteiger partial charge in [-0.2, -0.15) is 5.26 Å². The molecule has 0 saturated heterocycles. The molecule has 28 heavy (non-hydrogen) atoms. The average Bonchev–Trinajstić information content (AvgIpc) is 3.06. The van der Waals surface area contributed by atoms with Gasteiger partial charge in [-0.3, -0.25) is 4.79 Å². The van der Waals surface area contributed by atoms with Gasteiger partial charge in [0.25, 0.3) is 5.91 Å². The standard InChI is InChI=1S/C21H22N2O3S2/c1-12-4-5-17-15(6-12)9-18(28-17)21(25)26-10-19(24)23-20-13(2)7-16(27-11-22)8-14(20)3/h7-9,12H,4-6,10H2,1-3H3,(H,23,24)/t12-/m0/s1. The Bertz CT molecular complexity index is 936. The minimum Gasteiger partial charge on any atom is -0.451 e. The lowest BCUT2D eigenvalue weighted by Gasteiger charge is -2.16. The summed E-state index contributed by atoms with van der Waals surface area (Å²) in [4.78, 5) is 27.2. The largest absolute Gasteiger partial charge is 0.451 e. The predicted molar refractivity (Wildman–Crippen MR) is 112 cm³/mol. The van der Waals surface area contributed by atoms with Crippen molar-refractivity contribution < 1.29 is 14.3 Å². The van der Waals surface area contributed by atoms with Crippen LogP contribution in [0.2, 0.25) is 0 Å². The second-order valence-corrected chi connectivity index (χ2v) is 9.15. The summed E-state index contributed by atoms with van der Waals surface area (Å²) in [6.07, 6.45) is 3.15. The van der Waals surface area contributed by atoms with Gasteiger partial charge in [-0.15, -0.1) is 11.3 Å². The fourth-order valence-corrected chi connectivity index (χ4v) is 5.10. The van der Waals surface area contributed by atoms with Gasteiger partial charge in [0.2, 0.25) is 0 Å². The Labute approximate surface area is 173 Å². The van der Waals surface area contributed by atoms with Crippen LogP contribution < -0.4 is 5.32 Å². The van der Waals surface area contributed by atoms with Crippen LogP contribution in [0.3, 0.4) is 0 Å². The second kappa shape index (κ2) is 8.80. The number of hydrogen-bond donors (Lipinski definition) is 1. The Morgan fingerprint density at radius 3 is 2.71 bits per heavy atom. The van der Waals surface area contributed by atoms with Crippen molar-refractivity contribution in [2.45, 2.75) is 44.9 Å². The van der Waals surface area contributed by atoms with Crippen LogP contribution >= 0.6 is 23.1 Å². The number of thioether (sulfide) groups is 1. The molecule has 7 heteroatoms. The lowest BCUT2D eigenvalue weighted by atomic mass is 9.90. The molecule has 0 spiro atoms. The molecule has 0 saturated carbocycles. The number of esters is 1. The molecule has 1 N–H and O–H groups in total. The highest BCUT2D eigenvalue weighted by Crippen LogP contribution is 2.32. The van der Waals surface area contributed by atoms with Crippen molar-refractivity contribution in [1.29, 1.82) is 5.26 Å². The molecular weight excluding hydrogens is 392 g/mol. The van der Waals surface area contributed by atoms with Crippen molar-refractivity contribution in [3.63, 3.8) is 0 Å². The van der Waals surface area contributed by atoms with Gasteiger partial charge in [-0.25, -0.2) is 4.79 Å². The normalized spacial score (nSPS) is 15.4. The number of nitrogens with one attached hydrogen (secondary N) is 1. The number of hydrogen-bond acceptors (Lipinski definition) is 6. The molecule has 1 atom stereocenters. The Morgan fingerprint density at radius 1 is 1.32 bits per heavy atom. The van der Waals surface area contributed by atoms with Crippen molar-refractivity contribution in [1.82, 2.24) is 0 Å². The number of carbonyl (C=O) groups excluding carboxylic acids is 2. The molecule has 2 aromatic rings. The predicted octanol–water partition coefficient (Wildman–Crippen LogP) is 4.86. The van der Waals surface area contributed by atoms with Gasteiger partial charge in [0.15, 0.2) is 6.61 Å². The Kier molecular flexibility index (Phi) is 6.42. The van der Waals surface area contributed by atoms with Gasteiger partial charge in [-0.05, 0) is 85.7 Å². The van der Waals surface area contributed by atoms with Crippen molar-refractivity contribution in [3.8, 4) is 5.40 Å². The van der Waals surface area contributed by atoms with Gasteiger partial charge in [0.05, 0.1) is 0 Å². The molecule has 1 amide bonds. The number of thiophene rings is 1. The van der Waals surface area contributed by atoms with Crippen LogP contribution in [0.25, 0.3) is 0 Å². The maximum atomic E-state index is 12.3. The number of nitriles is 1. The molecule has 1 aromatic carbocycles. The number of aryl methyl sites for hydroxylation is 3. The number of amides is 1. The summed E-state index contributed by atoms with van der Waals surface area (Å²) >= 11 is 2.56. The highest BCUT2D eigenvalue weighted by atomic mass is 32.2. The third-order valence-electron chi connectivity index (χ3n) is 4.80. The van der Waals surface area contributed by atoms with Crippen LogP contribution in [0.5, 0.6) is 0 Å². The van der Waals surface area contributed by atoms with E-state index in [0.29, 0.717) is 16.5 Å². The van der Waals surface area contributed by atoms with Gasteiger partial charge in [0.1, 0.15) is 10.3 Å². The van der Waals surface area contributed by atoms with Crippen molar-refractivity contribution in [2.24, 2.45) is 5.92 Å². The molecule has 1 heterocycles. The molecule has 1 aliphatic carbocycles. The van der Waals surface area contributed by atoms with E-state index in [1.54, 1.807) is 0 Å². The fourth-order valence-electron chi connectivity index (χ4n) is 3.42. The van der Waals surface area contributed by atoms with Gasteiger partial charge < -0.3 is 10.1 Å². The number of rotatable bonds is 5. The number of thiocyanates is 1. The maximum absolute atomic E-state index is 12.3. The highest BCUT2D eigenvalue weighted by Gasteiger charge is 2.22. The number of anilines is 1. The van der Waals surface area contributed by atoms with Crippen LogP contribution in [-0.4, -0.2) is 18.5 Å². The third kappa shape index (κ3) is 4.75. The zero-order chi connectivity index (χ0) is 20.3. The minimum atomic E-state index is -0.448. The summed E-state index contributed by atoms with van der Waals surface area (Å²) in [5.41, 5.74) is 3.64. The summed E-state index contributed by atoms with van der Waals surface area (Å²) in [6, 6.07) is 5.61. The van der Waals surface area contributed by atoms with Crippen LogP contribution in [0, 0.1) is 30.4 Å². The Balaban J connectivity index is 1.59. The molecule has 5 nitrogen and oxygen atoms in total. The average molecular weight is 415 g/mol. The summed E-state index contributed by atoms with van der Waals surface area (Å²) in [6.45, 7) is 5.63. The number of carbonyl (C=O) groups is 2. The first-order chi connectivity index (χ1) is 13.4. The smallest absolute Gasteiger partial charge is 0.348 e. The minimum absolute atomic E-state index is 0.328. The topological polar surface area (TPSA) is 79.2 Å². The first-order valence-corrected chi connectivity index (χ1v) is 10.8. The SMILES string of the molecule is Cc1cc(SC#N)cc(C)c1NC(=O)COC(=O)c1cc2c(s1)CC[C@H](C)C2. The summed E-state index contributed by atoms with van der Waals surface area (Å²) in [5.74, 6) is -0.187. The molecule has 0 aliphatic heterocycles. The van der Waals surface area contributed by atoms with Gasteiger partial charge in [-0.1, -0.05) is 6.92 Å². The number of benzene rings is 1. The van der Waals surface area contributed by atoms with Crippen LogP contribution in [0.15, 0.2) is 23.1 Å². The molecule has 3 rings (SSSR count). The second-order valence-electron chi connectivity index (χ2n) is 7.16. The van der Waals surface area contributed by atoms with E-state index in [1.165, 1.54) is 21.8 Å². The number of nitrogens with zero attached hydrogens (tertiary/aromatic N) is 1. The van der Waals surface area contributed by atoms with E-state index in [0.717, 1.165) is 47.0 Å². The number of ether oxygens (including phenoxy) is 1. The zero-order valence-electron chi connectivity index (χ0n) is 16.1. The molecular formula is C21H22N2O3S2. The lowest BCUT2D eigenvalue weighted by molar-refractivity contribution is -0.119. The summed E-state index contributed by atoms with van der Waals surface area (Å²) < 4.78 is 5.22. The van der Waals surface area contributed by atoms with Crippen molar-refractivity contribution in [2.75, 3.05) is 11.9 Å². The quantitative estimate of drug-likeness (QED) is 0.429. The molecule has 0 fully saturated rings. The lowest BCUT2D eigenvalue weighted by Crippen LogP contribution is -2.21. The van der Waals surface area contributed by atoms with E-state index in [2.05, 4.69) is 12.2 Å². The summed E-state index contributed by atoms with van der Waals surface area (Å²) in [7, 11) is 0. The maximum Gasteiger partial charge on any atom is 0.348 e. The molecule has 146 valence electrons. The highest BCUT2D eigenvalue weighted by molar-refractivity contribution is 8.03. The third-order valence-corrected chi connectivity index (χ3v) is 6.58.